The molecule has 0 N–H and O–H groups in total. The SMILES string of the molecule is Cn1c2ccccc2n2c(Sc3ccc([N+](=O)[O-])cc3[N+](=O)[O-])nnc12. The minimum absolute atomic E-state index is 0.253. The van der Waals surface area contributed by atoms with Crippen LogP contribution in [0.1, 0.15) is 0 Å². The number of aryl methyl sites for hydroxylation is 1. The molecule has 0 saturated heterocycles. The van der Waals surface area contributed by atoms with E-state index >= 15 is 0 Å². The van der Waals surface area contributed by atoms with Gasteiger partial charge in [-0.05, 0) is 30.0 Å². The zero-order valence-corrected chi connectivity index (χ0v) is 14.1. The number of nitro benzene ring substituents is 2. The van der Waals surface area contributed by atoms with E-state index in [2.05, 4.69) is 10.2 Å². The van der Waals surface area contributed by atoms with Crippen LogP contribution in [0.5, 0.6) is 0 Å². The van der Waals surface area contributed by atoms with E-state index in [0.29, 0.717) is 10.9 Å². The minimum Gasteiger partial charge on any atom is -0.311 e. The summed E-state index contributed by atoms with van der Waals surface area (Å²) in [4.78, 5) is 21.1. The lowest BCUT2D eigenvalue weighted by atomic mass is 10.3. The summed E-state index contributed by atoms with van der Waals surface area (Å²) < 4.78 is 3.67. The first-order valence-corrected chi connectivity index (χ1v) is 8.18. The van der Waals surface area contributed by atoms with Gasteiger partial charge < -0.3 is 4.57 Å². The third-order valence-electron chi connectivity index (χ3n) is 3.95. The van der Waals surface area contributed by atoms with Crippen LogP contribution in [-0.2, 0) is 7.05 Å². The molecule has 0 aliphatic heterocycles. The van der Waals surface area contributed by atoms with E-state index in [1.807, 2.05) is 35.9 Å². The molecule has 0 aliphatic rings. The quantitative estimate of drug-likeness (QED) is 0.399. The van der Waals surface area contributed by atoms with Gasteiger partial charge in [-0.2, -0.15) is 0 Å². The van der Waals surface area contributed by atoms with Crippen molar-refractivity contribution in [3.05, 3.63) is 62.7 Å². The number of rotatable bonds is 4. The van der Waals surface area contributed by atoms with Crippen molar-refractivity contribution in [2.75, 3.05) is 0 Å². The van der Waals surface area contributed by atoms with Crippen LogP contribution in [-0.4, -0.2) is 29.0 Å². The molecule has 0 radical (unpaired) electrons. The lowest BCUT2D eigenvalue weighted by molar-refractivity contribution is -0.396. The lowest BCUT2D eigenvalue weighted by Gasteiger charge is -2.01. The van der Waals surface area contributed by atoms with Crippen molar-refractivity contribution in [2.24, 2.45) is 7.05 Å². The number of benzene rings is 2. The Hall–Kier alpha value is -3.47. The van der Waals surface area contributed by atoms with E-state index in [0.717, 1.165) is 28.9 Å². The van der Waals surface area contributed by atoms with Gasteiger partial charge in [0.05, 0.1) is 31.8 Å². The zero-order valence-electron chi connectivity index (χ0n) is 13.3. The molecule has 130 valence electrons. The van der Waals surface area contributed by atoms with E-state index in [1.54, 1.807) is 4.40 Å². The van der Waals surface area contributed by atoms with Crippen LogP contribution in [0.15, 0.2) is 52.5 Å². The van der Waals surface area contributed by atoms with Crippen molar-refractivity contribution < 1.29 is 9.85 Å². The Balaban J connectivity index is 1.87. The second-order valence-electron chi connectivity index (χ2n) is 5.43. The van der Waals surface area contributed by atoms with Crippen LogP contribution >= 0.6 is 11.8 Å². The number of hydrogen-bond acceptors (Lipinski definition) is 7. The van der Waals surface area contributed by atoms with Crippen molar-refractivity contribution in [1.82, 2.24) is 19.2 Å². The van der Waals surface area contributed by atoms with E-state index < -0.39 is 9.85 Å². The monoisotopic (exact) mass is 370 g/mol. The van der Waals surface area contributed by atoms with Gasteiger partial charge in [-0.1, -0.05) is 12.1 Å². The Bertz CT molecular complexity index is 1200. The molecule has 2 aromatic carbocycles. The van der Waals surface area contributed by atoms with E-state index in [-0.39, 0.29) is 16.3 Å². The molecule has 0 amide bonds. The highest BCUT2D eigenvalue weighted by Gasteiger charge is 2.23. The number of aromatic nitrogens is 4. The van der Waals surface area contributed by atoms with Gasteiger partial charge in [-0.25, -0.2) is 0 Å². The van der Waals surface area contributed by atoms with Gasteiger partial charge in [-0.15, -0.1) is 10.2 Å². The second-order valence-corrected chi connectivity index (χ2v) is 6.44. The largest absolute Gasteiger partial charge is 0.311 e. The number of fused-ring (bicyclic) bond motifs is 3. The number of hydrogen-bond donors (Lipinski definition) is 0. The lowest BCUT2D eigenvalue weighted by Crippen LogP contribution is -1.95. The molecule has 10 nitrogen and oxygen atoms in total. The van der Waals surface area contributed by atoms with Crippen molar-refractivity contribution in [1.29, 1.82) is 0 Å². The van der Waals surface area contributed by atoms with Crippen LogP contribution in [0.3, 0.4) is 0 Å². The number of non-ortho nitro benzene ring substituents is 1. The Labute approximate surface area is 149 Å². The van der Waals surface area contributed by atoms with E-state index in [9.17, 15) is 20.2 Å². The smallest absolute Gasteiger partial charge is 0.290 e. The fourth-order valence-electron chi connectivity index (χ4n) is 2.75. The average molecular weight is 370 g/mol. The predicted molar refractivity (Wildman–Crippen MR) is 93.3 cm³/mol. The summed E-state index contributed by atoms with van der Waals surface area (Å²) in [5, 5.41) is 30.9. The molecule has 2 aromatic heterocycles. The second kappa shape index (κ2) is 5.81. The van der Waals surface area contributed by atoms with Crippen LogP contribution in [0, 0.1) is 20.2 Å². The topological polar surface area (TPSA) is 121 Å². The maximum absolute atomic E-state index is 11.3. The van der Waals surface area contributed by atoms with Gasteiger partial charge in [0.1, 0.15) is 0 Å². The summed E-state index contributed by atoms with van der Waals surface area (Å²) in [6, 6.07) is 11.2. The summed E-state index contributed by atoms with van der Waals surface area (Å²) in [5.41, 5.74) is 1.12. The fourth-order valence-corrected chi connectivity index (χ4v) is 3.67. The van der Waals surface area contributed by atoms with Crippen molar-refractivity contribution in [3.8, 4) is 0 Å². The third kappa shape index (κ3) is 2.37. The first kappa shape index (κ1) is 16.0. The van der Waals surface area contributed by atoms with Gasteiger partial charge in [-0.3, -0.25) is 24.6 Å². The maximum Gasteiger partial charge on any atom is 0.290 e. The van der Waals surface area contributed by atoms with Gasteiger partial charge in [0.15, 0.2) is 0 Å². The molecule has 0 saturated carbocycles. The van der Waals surface area contributed by atoms with Crippen molar-refractivity contribution >= 4 is 39.9 Å². The highest BCUT2D eigenvalue weighted by Crippen LogP contribution is 2.37. The molecule has 0 unspecified atom stereocenters. The third-order valence-corrected chi connectivity index (χ3v) is 4.96. The molecule has 26 heavy (non-hydrogen) atoms. The number of nitro groups is 2. The summed E-state index contributed by atoms with van der Waals surface area (Å²) in [6.45, 7) is 0. The fraction of sp³-hybridized carbons (Fsp3) is 0.0667. The molecule has 0 spiro atoms. The molecular weight excluding hydrogens is 360 g/mol. The van der Waals surface area contributed by atoms with Crippen LogP contribution in [0.2, 0.25) is 0 Å². The molecular formula is C15H10N6O4S. The number of imidazole rings is 1. The highest BCUT2D eigenvalue weighted by molar-refractivity contribution is 7.99. The molecule has 4 aromatic rings. The number of nitrogens with zero attached hydrogens (tertiary/aromatic N) is 6. The summed E-state index contributed by atoms with van der Waals surface area (Å²) >= 11 is 1.04. The Morgan fingerprint density at radius 3 is 2.42 bits per heavy atom. The maximum atomic E-state index is 11.3. The molecule has 4 rings (SSSR count). The molecule has 0 fully saturated rings. The Morgan fingerprint density at radius 1 is 1.00 bits per heavy atom. The van der Waals surface area contributed by atoms with Gasteiger partial charge in [0, 0.05) is 13.1 Å². The minimum atomic E-state index is -0.665. The molecule has 0 aliphatic carbocycles. The van der Waals surface area contributed by atoms with Crippen LogP contribution in [0.4, 0.5) is 11.4 Å². The van der Waals surface area contributed by atoms with Gasteiger partial charge in [0.25, 0.3) is 11.4 Å². The Morgan fingerprint density at radius 2 is 1.73 bits per heavy atom. The van der Waals surface area contributed by atoms with Crippen LogP contribution < -0.4 is 0 Å². The van der Waals surface area contributed by atoms with Gasteiger partial charge >= 0.3 is 0 Å². The first-order valence-electron chi connectivity index (χ1n) is 7.36. The normalized spacial score (nSPS) is 11.3. The zero-order chi connectivity index (χ0) is 18.4. The van der Waals surface area contributed by atoms with Crippen molar-refractivity contribution in [3.63, 3.8) is 0 Å². The summed E-state index contributed by atoms with van der Waals surface area (Å²) in [5.74, 6) is 0.596. The predicted octanol–water partition coefficient (Wildman–Crippen LogP) is 3.19. The first-order chi connectivity index (χ1) is 12.5. The molecule has 2 heterocycles. The van der Waals surface area contributed by atoms with Gasteiger partial charge in [0.2, 0.25) is 10.9 Å². The molecule has 0 bridgehead atoms. The highest BCUT2D eigenvalue weighted by atomic mass is 32.2. The summed E-state index contributed by atoms with van der Waals surface area (Å²) in [6.07, 6.45) is 0. The Kier molecular flexibility index (Phi) is 3.58. The summed E-state index contributed by atoms with van der Waals surface area (Å²) in [7, 11) is 1.86. The van der Waals surface area contributed by atoms with E-state index in [4.69, 9.17) is 0 Å². The van der Waals surface area contributed by atoms with E-state index in [1.165, 1.54) is 12.1 Å². The average Bonchev–Trinajstić information content (AvgIpc) is 3.15. The standard InChI is InChI=1S/C15H10N6O4S/c1-18-10-4-2-3-5-11(10)19-14(18)16-17-15(19)26-13-7-6-9(20(22)23)8-12(13)21(24)25/h2-8H,1H3. The van der Waals surface area contributed by atoms with Crippen LogP contribution in [0.25, 0.3) is 16.8 Å². The molecule has 11 heteroatoms. The van der Waals surface area contributed by atoms with Crippen molar-refractivity contribution in [2.45, 2.75) is 10.1 Å². The molecule has 0 atom stereocenters. The number of para-hydroxylation sites is 2.